The van der Waals surface area contributed by atoms with Gasteiger partial charge in [-0.3, -0.25) is 19.3 Å². The van der Waals surface area contributed by atoms with Crippen molar-refractivity contribution in [1.29, 1.82) is 0 Å². The van der Waals surface area contributed by atoms with Gasteiger partial charge in [0.15, 0.2) is 0 Å². The lowest BCUT2D eigenvalue weighted by atomic mass is 10.1. The summed E-state index contributed by atoms with van der Waals surface area (Å²) in [5.41, 5.74) is 2.27. The Hall–Kier alpha value is -3.67. The van der Waals surface area contributed by atoms with E-state index in [-0.39, 0.29) is 30.3 Å². The van der Waals surface area contributed by atoms with Crippen LogP contribution in [-0.4, -0.2) is 41.2 Å². The molecule has 0 spiro atoms. The zero-order valence-corrected chi connectivity index (χ0v) is 19.2. The van der Waals surface area contributed by atoms with E-state index in [1.54, 1.807) is 11.0 Å². The highest BCUT2D eigenvalue weighted by molar-refractivity contribution is 6.26. The second kappa shape index (κ2) is 9.45. The van der Waals surface area contributed by atoms with E-state index in [1.165, 1.54) is 4.90 Å². The lowest BCUT2D eigenvalue weighted by Gasteiger charge is -2.32. The van der Waals surface area contributed by atoms with E-state index < -0.39 is 6.04 Å². The molecule has 1 atom stereocenters. The van der Waals surface area contributed by atoms with Crippen LogP contribution in [0.5, 0.6) is 0 Å². The van der Waals surface area contributed by atoms with Gasteiger partial charge in [-0.15, -0.1) is 0 Å². The van der Waals surface area contributed by atoms with Crippen LogP contribution in [0.4, 0.5) is 5.69 Å². The first-order valence-electron chi connectivity index (χ1n) is 11.4. The number of anilines is 1. The summed E-state index contributed by atoms with van der Waals surface area (Å²) in [5, 5.41) is 4.78. The second-order valence-corrected chi connectivity index (χ2v) is 8.67. The number of carbonyl (C=O) groups is 3. The van der Waals surface area contributed by atoms with Crippen LogP contribution in [0, 0.1) is 0 Å². The van der Waals surface area contributed by atoms with Crippen molar-refractivity contribution >= 4 is 34.2 Å². The molecule has 0 aromatic heterocycles. The highest BCUT2D eigenvalue weighted by Gasteiger charge is 2.35. The molecule has 1 N–H and O–H groups in total. The number of nitrogens with one attached hydrogen (secondary N) is 1. The number of rotatable bonds is 8. The molecule has 0 unspecified atom stereocenters. The fraction of sp³-hybridized carbons (Fsp3) is 0.296. The van der Waals surface area contributed by atoms with E-state index in [0.717, 1.165) is 22.0 Å². The molecular weight excluding hydrogens is 414 g/mol. The maximum atomic E-state index is 13.7. The fourth-order valence-electron chi connectivity index (χ4n) is 4.44. The van der Waals surface area contributed by atoms with Crippen molar-refractivity contribution in [2.45, 2.75) is 45.8 Å². The fourth-order valence-corrected chi connectivity index (χ4v) is 4.44. The van der Waals surface area contributed by atoms with Crippen molar-refractivity contribution in [3.8, 4) is 0 Å². The van der Waals surface area contributed by atoms with Crippen LogP contribution in [0.15, 0.2) is 66.7 Å². The van der Waals surface area contributed by atoms with Gasteiger partial charge in [0.1, 0.15) is 12.6 Å². The summed E-state index contributed by atoms with van der Waals surface area (Å²) in [5.74, 6) is -0.632. The molecule has 0 radical (unpaired) electrons. The van der Waals surface area contributed by atoms with Gasteiger partial charge in [0.05, 0.1) is 5.69 Å². The number of amides is 3. The number of benzene rings is 3. The molecule has 0 saturated carbocycles. The van der Waals surface area contributed by atoms with Crippen molar-refractivity contribution < 1.29 is 14.4 Å². The Balaban J connectivity index is 1.65. The van der Waals surface area contributed by atoms with Crippen LogP contribution in [0.25, 0.3) is 10.8 Å². The molecule has 3 aromatic carbocycles. The summed E-state index contributed by atoms with van der Waals surface area (Å²) in [6.45, 7) is 5.87. The van der Waals surface area contributed by atoms with E-state index >= 15 is 0 Å². The third kappa shape index (κ3) is 4.46. The third-order valence-corrected chi connectivity index (χ3v) is 5.96. The summed E-state index contributed by atoms with van der Waals surface area (Å²) in [6, 6.07) is 20.3. The maximum Gasteiger partial charge on any atom is 0.259 e. The molecule has 4 rings (SSSR count). The molecule has 1 heterocycles. The van der Waals surface area contributed by atoms with Crippen LogP contribution in [-0.2, 0) is 16.1 Å². The van der Waals surface area contributed by atoms with Gasteiger partial charge in [0, 0.05) is 23.5 Å². The van der Waals surface area contributed by atoms with Gasteiger partial charge < -0.3 is 10.2 Å². The van der Waals surface area contributed by atoms with E-state index in [1.807, 2.05) is 81.4 Å². The number of hydrogen-bond donors (Lipinski definition) is 1. The predicted octanol–water partition coefficient (Wildman–Crippen LogP) is 4.13. The van der Waals surface area contributed by atoms with Gasteiger partial charge in [-0.2, -0.15) is 0 Å². The Morgan fingerprint density at radius 2 is 1.67 bits per heavy atom. The highest BCUT2D eigenvalue weighted by atomic mass is 16.2. The first-order chi connectivity index (χ1) is 15.9. The molecule has 33 heavy (non-hydrogen) atoms. The molecule has 1 aliphatic heterocycles. The molecule has 1 aliphatic rings. The lowest BCUT2D eigenvalue weighted by Crippen LogP contribution is -2.53. The normalized spacial score (nSPS) is 13.5. The third-order valence-electron chi connectivity index (χ3n) is 5.96. The summed E-state index contributed by atoms with van der Waals surface area (Å²) < 4.78 is 0. The summed E-state index contributed by atoms with van der Waals surface area (Å²) >= 11 is 0. The highest BCUT2D eigenvalue weighted by Crippen LogP contribution is 2.37. The first kappa shape index (κ1) is 22.5. The minimum Gasteiger partial charge on any atom is -0.352 e. The Morgan fingerprint density at radius 1 is 0.970 bits per heavy atom. The Kier molecular flexibility index (Phi) is 6.45. The molecular formula is C27H29N3O3. The van der Waals surface area contributed by atoms with Crippen LogP contribution < -0.4 is 10.2 Å². The van der Waals surface area contributed by atoms with E-state index in [9.17, 15) is 14.4 Å². The monoisotopic (exact) mass is 443 g/mol. The van der Waals surface area contributed by atoms with Gasteiger partial charge in [-0.05, 0) is 43.4 Å². The average molecular weight is 444 g/mol. The molecule has 0 aliphatic carbocycles. The van der Waals surface area contributed by atoms with Gasteiger partial charge >= 0.3 is 0 Å². The summed E-state index contributed by atoms with van der Waals surface area (Å²) in [7, 11) is 0. The zero-order valence-electron chi connectivity index (χ0n) is 19.2. The van der Waals surface area contributed by atoms with Crippen molar-refractivity contribution in [3.63, 3.8) is 0 Å². The first-order valence-corrected chi connectivity index (χ1v) is 11.4. The molecule has 170 valence electrons. The van der Waals surface area contributed by atoms with Crippen molar-refractivity contribution in [3.05, 3.63) is 77.9 Å². The predicted molar refractivity (Wildman–Crippen MR) is 130 cm³/mol. The van der Waals surface area contributed by atoms with E-state index in [4.69, 9.17) is 0 Å². The van der Waals surface area contributed by atoms with Crippen molar-refractivity contribution in [2.24, 2.45) is 0 Å². The Morgan fingerprint density at radius 3 is 2.33 bits per heavy atom. The maximum absolute atomic E-state index is 13.7. The summed E-state index contributed by atoms with van der Waals surface area (Å²) in [6.07, 6.45) is 0.473. The quantitative estimate of drug-likeness (QED) is 0.569. The zero-order chi connectivity index (χ0) is 23.5. The topological polar surface area (TPSA) is 69.7 Å². The van der Waals surface area contributed by atoms with Crippen LogP contribution in [0.2, 0.25) is 0 Å². The molecule has 6 heteroatoms. The van der Waals surface area contributed by atoms with Gasteiger partial charge in [-0.25, -0.2) is 0 Å². The Bertz CT molecular complexity index is 1180. The number of nitrogens with zero attached hydrogens (tertiary/aromatic N) is 2. The van der Waals surface area contributed by atoms with Crippen LogP contribution in [0.1, 0.15) is 43.1 Å². The van der Waals surface area contributed by atoms with E-state index in [2.05, 4.69) is 5.32 Å². The largest absolute Gasteiger partial charge is 0.352 e. The Labute approximate surface area is 194 Å². The lowest BCUT2D eigenvalue weighted by molar-refractivity contribution is -0.140. The summed E-state index contributed by atoms with van der Waals surface area (Å²) in [4.78, 5) is 43.0. The van der Waals surface area contributed by atoms with Gasteiger partial charge in [-0.1, -0.05) is 61.5 Å². The second-order valence-electron chi connectivity index (χ2n) is 8.67. The minimum absolute atomic E-state index is 0.0347. The minimum atomic E-state index is -0.629. The van der Waals surface area contributed by atoms with Crippen LogP contribution >= 0.6 is 0 Å². The van der Waals surface area contributed by atoms with Crippen LogP contribution in [0.3, 0.4) is 0 Å². The van der Waals surface area contributed by atoms with Crippen molar-refractivity contribution in [2.75, 3.05) is 11.4 Å². The number of carbonyl (C=O) groups excluding carboxylic acids is 3. The average Bonchev–Trinajstić information content (AvgIpc) is 3.07. The smallest absolute Gasteiger partial charge is 0.259 e. The standard InChI is InChI=1S/C27H29N3O3/c1-4-22(26(32)28-18(2)3)29(16-19-10-6-5-7-11-19)24(31)17-30-23-15-9-13-20-12-8-14-21(25(20)23)27(30)33/h5-15,18,22H,4,16-17H2,1-3H3,(H,28,32)/t22-/m1/s1. The van der Waals surface area contributed by atoms with Gasteiger partial charge in [0.25, 0.3) is 5.91 Å². The molecule has 0 fully saturated rings. The molecule has 0 bridgehead atoms. The molecule has 3 aromatic rings. The molecule has 3 amide bonds. The molecule has 0 saturated heterocycles. The molecule has 6 nitrogen and oxygen atoms in total. The van der Waals surface area contributed by atoms with Crippen molar-refractivity contribution in [1.82, 2.24) is 10.2 Å². The number of hydrogen-bond acceptors (Lipinski definition) is 3. The van der Waals surface area contributed by atoms with E-state index in [0.29, 0.717) is 18.5 Å². The van der Waals surface area contributed by atoms with Gasteiger partial charge in [0.2, 0.25) is 11.8 Å². The SMILES string of the molecule is CC[C@H](C(=O)NC(C)C)N(Cc1ccccc1)C(=O)CN1C(=O)c2cccc3cccc1c23.